The third-order valence-electron chi connectivity index (χ3n) is 2.89. The topological polar surface area (TPSA) is 65.1 Å². The highest BCUT2D eigenvalue weighted by Crippen LogP contribution is 2.28. The Hall–Kier alpha value is -1.18. The highest BCUT2D eigenvalue weighted by molar-refractivity contribution is 9.10. The quantitative estimate of drug-likeness (QED) is 0.874. The lowest BCUT2D eigenvalue weighted by Crippen LogP contribution is -2.13. The molecule has 2 heterocycles. The van der Waals surface area contributed by atoms with Crippen molar-refractivity contribution in [3.05, 3.63) is 34.3 Å². The molecule has 0 aromatic carbocycles. The van der Waals surface area contributed by atoms with Gasteiger partial charge in [-0.1, -0.05) is 0 Å². The Morgan fingerprint density at radius 1 is 1.42 bits per heavy atom. The molecule has 1 unspecified atom stereocenters. The van der Waals surface area contributed by atoms with Crippen LogP contribution in [0.4, 0.5) is 0 Å². The van der Waals surface area contributed by atoms with Crippen LogP contribution in [0.1, 0.15) is 24.3 Å². The van der Waals surface area contributed by atoms with Gasteiger partial charge in [0.2, 0.25) is 0 Å². The maximum Gasteiger partial charge on any atom is 0.125 e. The molecule has 19 heavy (non-hydrogen) atoms. The van der Waals surface area contributed by atoms with Crippen LogP contribution in [0.2, 0.25) is 0 Å². The Kier molecular flexibility index (Phi) is 4.73. The largest absolute Gasteiger partial charge is 0.383 e. The molecule has 0 aliphatic carbocycles. The molecule has 1 N–H and O–H groups in total. The Labute approximate surface area is 120 Å². The van der Waals surface area contributed by atoms with Crippen molar-refractivity contribution >= 4 is 15.9 Å². The maximum atomic E-state index is 10.5. The van der Waals surface area contributed by atoms with E-state index >= 15 is 0 Å². The van der Waals surface area contributed by atoms with Crippen molar-refractivity contribution < 1.29 is 9.84 Å². The average molecular weight is 329 g/mol. The lowest BCUT2D eigenvalue weighted by Gasteiger charge is -2.12. The summed E-state index contributed by atoms with van der Waals surface area (Å²) in [5.74, 6) is 0. The van der Waals surface area contributed by atoms with E-state index in [1.54, 1.807) is 28.9 Å². The normalized spacial score (nSPS) is 12.8. The van der Waals surface area contributed by atoms with Crippen LogP contribution < -0.4 is 0 Å². The van der Waals surface area contributed by atoms with E-state index in [1.165, 1.54) is 0 Å². The zero-order valence-corrected chi connectivity index (χ0v) is 12.5. The van der Waals surface area contributed by atoms with E-state index in [4.69, 9.17) is 4.74 Å². The molecule has 1 atom stereocenters. The highest BCUT2D eigenvalue weighted by Gasteiger charge is 2.20. The summed E-state index contributed by atoms with van der Waals surface area (Å²) in [6, 6.07) is 0. The Morgan fingerprint density at radius 2 is 2.21 bits per heavy atom. The number of hydrogen-bond donors (Lipinski definition) is 1. The van der Waals surface area contributed by atoms with E-state index in [2.05, 4.69) is 26.1 Å². The third kappa shape index (κ3) is 3.05. The first-order valence-corrected chi connectivity index (χ1v) is 6.87. The number of rotatable bonds is 6. The molecule has 0 aliphatic rings. The van der Waals surface area contributed by atoms with Gasteiger partial charge in [0.05, 0.1) is 35.7 Å². The van der Waals surface area contributed by atoms with Crippen molar-refractivity contribution in [3.8, 4) is 0 Å². The zero-order chi connectivity index (χ0) is 13.8. The van der Waals surface area contributed by atoms with Gasteiger partial charge in [-0.05, 0) is 22.9 Å². The van der Waals surface area contributed by atoms with Gasteiger partial charge in [0.15, 0.2) is 0 Å². The molecule has 0 amide bonds. The number of aliphatic hydroxyl groups is 1. The van der Waals surface area contributed by atoms with Crippen molar-refractivity contribution in [3.63, 3.8) is 0 Å². The van der Waals surface area contributed by atoms with Gasteiger partial charge >= 0.3 is 0 Å². The molecule has 2 aromatic rings. The standard InChI is InChI=1S/C12H17BrN4O2/c1-3-16-8-9(6-14-16)12(18)11-10(13)7-15-17(11)4-5-19-2/h6-8,12,18H,3-5H2,1-2H3. The first-order valence-electron chi connectivity index (χ1n) is 6.08. The van der Waals surface area contributed by atoms with E-state index in [-0.39, 0.29) is 0 Å². The van der Waals surface area contributed by atoms with Crippen LogP contribution in [-0.2, 0) is 17.8 Å². The van der Waals surface area contributed by atoms with Crippen LogP contribution in [-0.4, -0.2) is 38.4 Å². The molecule has 7 heteroatoms. The molecular formula is C12H17BrN4O2. The van der Waals surface area contributed by atoms with E-state index in [9.17, 15) is 5.11 Å². The predicted octanol–water partition coefficient (Wildman–Crippen LogP) is 1.59. The number of aliphatic hydroxyl groups excluding tert-OH is 1. The SMILES string of the molecule is CCn1cc(C(O)c2c(Br)cnn2CCOC)cn1. The minimum Gasteiger partial charge on any atom is -0.383 e. The van der Waals surface area contributed by atoms with Crippen molar-refractivity contribution in [1.29, 1.82) is 0 Å². The number of ether oxygens (including phenoxy) is 1. The van der Waals surface area contributed by atoms with Crippen molar-refractivity contribution in [1.82, 2.24) is 19.6 Å². The molecule has 0 radical (unpaired) electrons. The summed E-state index contributed by atoms with van der Waals surface area (Å²) < 4.78 is 9.34. The van der Waals surface area contributed by atoms with E-state index in [0.717, 1.165) is 16.6 Å². The van der Waals surface area contributed by atoms with Gasteiger partial charge in [0.1, 0.15) is 6.10 Å². The smallest absolute Gasteiger partial charge is 0.125 e. The van der Waals surface area contributed by atoms with Gasteiger partial charge in [0, 0.05) is 25.4 Å². The summed E-state index contributed by atoms with van der Waals surface area (Å²) in [6.45, 7) is 3.91. The van der Waals surface area contributed by atoms with Gasteiger partial charge in [-0.2, -0.15) is 10.2 Å². The number of halogens is 1. The molecule has 0 saturated carbocycles. The summed E-state index contributed by atoms with van der Waals surface area (Å²) in [7, 11) is 1.64. The third-order valence-corrected chi connectivity index (χ3v) is 3.50. The number of methoxy groups -OCH3 is 1. The second-order valence-corrected chi connectivity index (χ2v) is 4.98. The molecular weight excluding hydrogens is 312 g/mol. The minimum atomic E-state index is -0.756. The summed E-state index contributed by atoms with van der Waals surface area (Å²) in [4.78, 5) is 0. The molecule has 0 aliphatic heterocycles. The maximum absolute atomic E-state index is 10.5. The fourth-order valence-corrected chi connectivity index (χ4v) is 2.36. The Balaban J connectivity index is 2.26. The van der Waals surface area contributed by atoms with Crippen LogP contribution in [0.15, 0.2) is 23.1 Å². The van der Waals surface area contributed by atoms with Crippen molar-refractivity contribution in [2.24, 2.45) is 0 Å². The van der Waals surface area contributed by atoms with Crippen LogP contribution in [0.3, 0.4) is 0 Å². The number of aromatic nitrogens is 4. The Bertz CT molecular complexity index is 538. The monoisotopic (exact) mass is 328 g/mol. The molecule has 0 spiro atoms. The molecule has 2 rings (SSSR count). The van der Waals surface area contributed by atoms with E-state index < -0.39 is 6.10 Å². The first kappa shape index (κ1) is 14.2. The van der Waals surface area contributed by atoms with E-state index in [0.29, 0.717) is 18.8 Å². The molecule has 104 valence electrons. The number of nitrogens with zero attached hydrogens (tertiary/aromatic N) is 4. The average Bonchev–Trinajstić information content (AvgIpc) is 3.02. The van der Waals surface area contributed by atoms with Crippen LogP contribution >= 0.6 is 15.9 Å². The lowest BCUT2D eigenvalue weighted by molar-refractivity contribution is 0.171. The zero-order valence-electron chi connectivity index (χ0n) is 11.0. The lowest BCUT2D eigenvalue weighted by atomic mass is 10.1. The van der Waals surface area contributed by atoms with Gasteiger partial charge in [-0.15, -0.1) is 0 Å². The molecule has 0 bridgehead atoms. The number of aryl methyl sites for hydroxylation is 1. The van der Waals surface area contributed by atoms with Crippen LogP contribution in [0.25, 0.3) is 0 Å². The van der Waals surface area contributed by atoms with Gasteiger partial charge in [-0.3, -0.25) is 9.36 Å². The summed E-state index contributed by atoms with van der Waals surface area (Å²) in [6.07, 6.45) is 4.44. The summed E-state index contributed by atoms with van der Waals surface area (Å²) >= 11 is 3.42. The fourth-order valence-electron chi connectivity index (χ4n) is 1.85. The molecule has 2 aromatic heterocycles. The minimum absolute atomic E-state index is 0.544. The first-order chi connectivity index (χ1) is 9.17. The second kappa shape index (κ2) is 6.31. The van der Waals surface area contributed by atoms with Crippen molar-refractivity contribution in [2.45, 2.75) is 26.1 Å². The Morgan fingerprint density at radius 3 is 2.84 bits per heavy atom. The van der Waals surface area contributed by atoms with Gasteiger partial charge in [-0.25, -0.2) is 0 Å². The summed E-state index contributed by atoms with van der Waals surface area (Å²) in [5, 5.41) is 18.9. The molecule has 6 nitrogen and oxygen atoms in total. The van der Waals surface area contributed by atoms with E-state index in [1.807, 2.05) is 13.1 Å². The van der Waals surface area contributed by atoms with Crippen LogP contribution in [0, 0.1) is 0 Å². The molecule has 0 saturated heterocycles. The predicted molar refractivity (Wildman–Crippen MR) is 73.8 cm³/mol. The van der Waals surface area contributed by atoms with Crippen molar-refractivity contribution in [2.75, 3.05) is 13.7 Å². The van der Waals surface area contributed by atoms with Gasteiger partial charge < -0.3 is 9.84 Å². The highest BCUT2D eigenvalue weighted by atomic mass is 79.9. The molecule has 0 fully saturated rings. The summed E-state index contributed by atoms with van der Waals surface area (Å²) in [5.41, 5.74) is 1.47. The van der Waals surface area contributed by atoms with Gasteiger partial charge in [0.25, 0.3) is 0 Å². The fraction of sp³-hybridized carbons (Fsp3) is 0.500. The van der Waals surface area contributed by atoms with Crippen LogP contribution in [0.5, 0.6) is 0 Å². The number of hydrogen-bond acceptors (Lipinski definition) is 4. The second-order valence-electron chi connectivity index (χ2n) is 4.13.